The van der Waals surface area contributed by atoms with E-state index in [1.54, 1.807) is 6.92 Å². The summed E-state index contributed by atoms with van der Waals surface area (Å²) in [7, 11) is 0. The highest BCUT2D eigenvalue weighted by Gasteiger charge is 2.14. The maximum absolute atomic E-state index is 13.6. The molecular weight excluding hydrogens is 278 g/mol. The van der Waals surface area contributed by atoms with Crippen molar-refractivity contribution >= 4 is 29.1 Å². The number of nitrogens with one attached hydrogen (secondary N) is 1. The lowest BCUT2D eigenvalue weighted by atomic mass is 10.4. The second-order valence-corrected chi connectivity index (χ2v) is 5.33. The van der Waals surface area contributed by atoms with Crippen LogP contribution >= 0.6 is 23.3 Å². The van der Waals surface area contributed by atoms with Gasteiger partial charge in [0.15, 0.2) is 21.8 Å². The maximum Gasteiger partial charge on any atom is 0.176 e. The standard InChI is InChI=1S/C10H10F2N4S2/c1-3-13-8-6(11)4-7(12)9(15-8)17-10-14-5(2)16-18-10/h4H,3H2,1-2H3,(H,13,15). The third-order valence-corrected chi connectivity index (χ3v) is 3.76. The van der Waals surface area contributed by atoms with Crippen molar-refractivity contribution in [3.63, 3.8) is 0 Å². The van der Waals surface area contributed by atoms with E-state index in [9.17, 15) is 8.78 Å². The van der Waals surface area contributed by atoms with Crippen molar-refractivity contribution in [1.82, 2.24) is 14.3 Å². The molecule has 0 aliphatic carbocycles. The van der Waals surface area contributed by atoms with E-state index in [0.29, 0.717) is 16.7 Å². The summed E-state index contributed by atoms with van der Waals surface area (Å²) in [5.74, 6) is -0.737. The van der Waals surface area contributed by atoms with Crippen molar-refractivity contribution in [3.8, 4) is 0 Å². The average molecular weight is 288 g/mol. The Balaban J connectivity index is 2.29. The number of anilines is 1. The van der Waals surface area contributed by atoms with Gasteiger partial charge < -0.3 is 5.32 Å². The van der Waals surface area contributed by atoms with Gasteiger partial charge in [0.1, 0.15) is 10.9 Å². The Morgan fingerprint density at radius 1 is 1.33 bits per heavy atom. The molecule has 0 atom stereocenters. The van der Waals surface area contributed by atoms with Crippen molar-refractivity contribution in [2.24, 2.45) is 0 Å². The van der Waals surface area contributed by atoms with Crippen molar-refractivity contribution in [1.29, 1.82) is 0 Å². The molecule has 1 N–H and O–H groups in total. The molecule has 0 spiro atoms. The zero-order valence-corrected chi connectivity index (χ0v) is 11.3. The number of rotatable bonds is 4. The van der Waals surface area contributed by atoms with Crippen LogP contribution in [-0.2, 0) is 0 Å². The SMILES string of the molecule is CCNc1nc(Sc2nc(C)ns2)c(F)cc1F. The molecule has 0 amide bonds. The van der Waals surface area contributed by atoms with Crippen LogP contribution in [-0.4, -0.2) is 20.9 Å². The van der Waals surface area contributed by atoms with Crippen LogP contribution in [0, 0.1) is 18.6 Å². The Morgan fingerprint density at radius 3 is 2.72 bits per heavy atom. The van der Waals surface area contributed by atoms with Crippen LogP contribution in [0.25, 0.3) is 0 Å². The van der Waals surface area contributed by atoms with Crippen molar-refractivity contribution in [2.45, 2.75) is 23.2 Å². The summed E-state index contributed by atoms with van der Waals surface area (Å²) in [6.45, 7) is 4.07. The lowest BCUT2D eigenvalue weighted by Gasteiger charge is -2.06. The molecule has 0 aliphatic heterocycles. The summed E-state index contributed by atoms with van der Waals surface area (Å²) in [5.41, 5.74) is 0. The molecular formula is C10H10F2N4S2. The zero-order chi connectivity index (χ0) is 13.1. The summed E-state index contributed by atoms with van der Waals surface area (Å²) < 4.78 is 31.5. The molecule has 0 saturated heterocycles. The molecule has 18 heavy (non-hydrogen) atoms. The molecule has 2 rings (SSSR count). The molecule has 0 unspecified atom stereocenters. The molecule has 2 heterocycles. The van der Waals surface area contributed by atoms with E-state index in [0.717, 1.165) is 29.4 Å². The van der Waals surface area contributed by atoms with Gasteiger partial charge >= 0.3 is 0 Å². The smallest absolute Gasteiger partial charge is 0.176 e. The lowest BCUT2D eigenvalue weighted by molar-refractivity contribution is 0.551. The Morgan fingerprint density at radius 2 is 2.11 bits per heavy atom. The number of hydrogen-bond acceptors (Lipinski definition) is 6. The normalized spacial score (nSPS) is 10.7. The molecule has 0 aromatic carbocycles. The first-order valence-corrected chi connectivity index (χ1v) is 6.77. The Hall–Kier alpha value is -1.28. The van der Waals surface area contributed by atoms with Crippen LogP contribution in [0.5, 0.6) is 0 Å². The monoisotopic (exact) mass is 288 g/mol. The molecule has 0 saturated carbocycles. The summed E-state index contributed by atoms with van der Waals surface area (Å²) >= 11 is 2.19. The summed E-state index contributed by atoms with van der Waals surface area (Å²) in [6, 6.07) is 0.821. The van der Waals surface area contributed by atoms with Gasteiger partial charge in [-0.2, -0.15) is 4.37 Å². The molecule has 0 radical (unpaired) electrons. The second-order valence-electron chi connectivity index (χ2n) is 3.35. The fraction of sp³-hybridized carbons (Fsp3) is 0.300. The first-order valence-electron chi connectivity index (χ1n) is 5.18. The van der Waals surface area contributed by atoms with Crippen LogP contribution < -0.4 is 5.32 Å². The maximum atomic E-state index is 13.6. The quantitative estimate of drug-likeness (QED) is 0.937. The zero-order valence-electron chi connectivity index (χ0n) is 9.70. The first-order chi connectivity index (χ1) is 8.60. The van der Waals surface area contributed by atoms with Gasteiger partial charge in [-0.3, -0.25) is 0 Å². The molecule has 96 valence electrons. The predicted octanol–water partition coefficient (Wildman–Crippen LogP) is 3.10. The molecule has 8 heteroatoms. The van der Waals surface area contributed by atoms with E-state index in [-0.39, 0.29) is 10.8 Å². The van der Waals surface area contributed by atoms with E-state index in [1.165, 1.54) is 0 Å². The fourth-order valence-corrected chi connectivity index (χ4v) is 2.77. The Labute approximate surface area is 111 Å². The van der Waals surface area contributed by atoms with Gasteiger partial charge in [0.25, 0.3) is 0 Å². The average Bonchev–Trinajstić information content (AvgIpc) is 2.71. The predicted molar refractivity (Wildman–Crippen MR) is 67.1 cm³/mol. The lowest BCUT2D eigenvalue weighted by Crippen LogP contribution is -2.04. The van der Waals surface area contributed by atoms with E-state index in [4.69, 9.17) is 0 Å². The molecule has 0 bridgehead atoms. The third kappa shape index (κ3) is 2.94. The van der Waals surface area contributed by atoms with E-state index >= 15 is 0 Å². The van der Waals surface area contributed by atoms with Gasteiger partial charge in [0.2, 0.25) is 0 Å². The van der Waals surface area contributed by atoms with E-state index < -0.39 is 11.6 Å². The highest BCUT2D eigenvalue weighted by atomic mass is 32.2. The third-order valence-electron chi connectivity index (χ3n) is 1.93. The highest BCUT2D eigenvalue weighted by Crippen LogP contribution is 2.31. The second kappa shape index (κ2) is 5.57. The molecule has 2 aromatic heterocycles. The van der Waals surface area contributed by atoms with Crippen molar-refractivity contribution < 1.29 is 8.78 Å². The van der Waals surface area contributed by atoms with Gasteiger partial charge in [0, 0.05) is 12.6 Å². The number of pyridine rings is 1. The summed E-state index contributed by atoms with van der Waals surface area (Å²) in [6.07, 6.45) is 0. The van der Waals surface area contributed by atoms with Crippen LogP contribution in [0.1, 0.15) is 12.7 Å². The minimum absolute atomic E-state index is 0.0441. The molecule has 0 aliphatic rings. The summed E-state index contributed by atoms with van der Waals surface area (Å²) in [5, 5.41) is 2.82. The van der Waals surface area contributed by atoms with Gasteiger partial charge in [-0.25, -0.2) is 18.7 Å². The Bertz CT molecular complexity index is 559. The highest BCUT2D eigenvalue weighted by molar-refractivity contribution is 8.00. The fourth-order valence-electron chi connectivity index (χ4n) is 1.21. The Kier molecular flexibility index (Phi) is 4.07. The van der Waals surface area contributed by atoms with Gasteiger partial charge in [-0.1, -0.05) is 0 Å². The molecule has 2 aromatic rings. The number of halogens is 2. The van der Waals surface area contributed by atoms with Gasteiger partial charge in [0.05, 0.1) is 0 Å². The minimum Gasteiger partial charge on any atom is -0.368 e. The number of hydrogen-bond donors (Lipinski definition) is 1. The minimum atomic E-state index is -0.702. The van der Waals surface area contributed by atoms with Gasteiger partial charge in [-0.05, 0) is 37.1 Å². The van der Waals surface area contributed by atoms with Crippen molar-refractivity contribution in [3.05, 3.63) is 23.5 Å². The van der Waals surface area contributed by atoms with Crippen molar-refractivity contribution in [2.75, 3.05) is 11.9 Å². The molecule has 0 fully saturated rings. The molecule has 4 nitrogen and oxygen atoms in total. The van der Waals surface area contributed by atoms with Crippen LogP contribution in [0.3, 0.4) is 0 Å². The van der Waals surface area contributed by atoms with Crippen LogP contribution in [0.4, 0.5) is 14.6 Å². The topological polar surface area (TPSA) is 50.7 Å². The number of aryl methyl sites for hydroxylation is 1. The van der Waals surface area contributed by atoms with E-state index in [2.05, 4.69) is 19.7 Å². The van der Waals surface area contributed by atoms with Crippen LogP contribution in [0.2, 0.25) is 0 Å². The first kappa shape index (κ1) is 13.2. The van der Waals surface area contributed by atoms with Gasteiger partial charge in [-0.15, -0.1) is 0 Å². The largest absolute Gasteiger partial charge is 0.368 e. The number of aromatic nitrogens is 3. The number of nitrogens with zero attached hydrogens (tertiary/aromatic N) is 3. The van der Waals surface area contributed by atoms with Crippen LogP contribution in [0.15, 0.2) is 15.4 Å². The van der Waals surface area contributed by atoms with E-state index in [1.807, 2.05) is 6.92 Å². The summed E-state index contributed by atoms with van der Waals surface area (Å²) in [4.78, 5) is 8.00.